The Kier molecular flexibility index (Phi) is 4.55. The van der Waals surface area contributed by atoms with Crippen molar-refractivity contribution in [2.24, 2.45) is 0 Å². The molecule has 0 aromatic rings. The van der Waals surface area contributed by atoms with Gasteiger partial charge in [0.2, 0.25) is 6.17 Å². The van der Waals surface area contributed by atoms with E-state index < -0.39 is 43.6 Å². The molecule has 0 aliphatic heterocycles. The Hall–Kier alpha value is -0.600. The van der Waals surface area contributed by atoms with Gasteiger partial charge in [0.1, 0.15) is 0 Å². The van der Waals surface area contributed by atoms with Gasteiger partial charge in [0.05, 0.1) is 6.67 Å². The van der Waals surface area contributed by atoms with Crippen molar-refractivity contribution in [1.29, 1.82) is 0 Å². The molecule has 0 rings (SSSR count). The maximum Gasteiger partial charge on any atom is 0.451 e. The second kappa shape index (κ2) is 4.72. The van der Waals surface area contributed by atoms with Gasteiger partial charge in [0.25, 0.3) is 5.92 Å². The van der Waals surface area contributed by atoms with Gasteiger partial charge in [-0.2, -0.15) is 17.6 Å². The summed E-state index contributed by atoms with van der Waals surface area (Å²) in [4.78, 5) is 0. The maximum absolute atomic E-state index is 12.6. The lowest BCUT2D eigenvalue weighted by Gasteiger charge is -2.30. The van der Waals surface area contributed by atoms with Crippen LogP contribution in [0.3, 0.4) is 0 Å². The molecule has 0 saturated carbocycles. The van der Waals surface area contributed by atoms with Gasteiger partial charge in [0, 0.05) is 6.42 Å². The summed E-state index contributed by atoms with van der Waals surface area (Å²) in [5, 5.41) is 8.01. The van der Waals surface area contributed by atoms with Crippen LogP contribution in [0.2, 0.25) is 0 Å². The molecule has 0 aromatic carbocycles. The van der Waals surface area contributed by atoms with Crippen LogP contribution in [0.1, 0.15) is 12.8 Å². The molecule has 0 aromatic heterocycles. The van der Waals surface area contributed by atoms with Crippen molar-refractivity contribution >= 4 is 0 Å². The molecule has 0 fully saturated rings. The quantitative estimate of drug-likeness (QED) is 0.753. The molecule has 0 radical (unpaired) electrons. The van der Waals surface area contributed by atoms with Gasteiger partial charge in [-0.25, -0.2) is 13.2 Å². The first-order valence-electron chi connectivity index (χ1n) is 4.02. The lowest BCUT2D eigenvalue weighted by atomic mass is 10.0. The zero-order valence-electron chi connectivity index (χ0n) is 7.67. The van der Waals surface area contributed by atoms with Crippen LogP contribution in [0.5, 0.6) is 0 Å². The molecule has 0 amide bonds. The average molecular weight is 260 g/mol. The molecule has 1 N–H and O–H groups in total. The number of halogens is 8. The minimum atomic E-state index is -6.19. The van der Waals surface area contributed by atoms with Crippen LogP contribution in [0.25, 0.3) is 0 Å². The first-order valence-corrected chi connectivity index (χ1v) is 4.02. The molecule has 9 heteroatoms. The molecule has 1 nitrogen and oxygen atoms in total. The molecule has 0 spiro atoms. The second-order valence-corrected chi connectivity index (χ2v) is 3.09. The Morgan fingerprint density at radius 2 is 1.44 bits per heavy atom. The van der Waals surface area contributed by atoms with Crippen LogP contribution in [0, 0.1) is 0 Å². The Morgan fingerprint density at radius 1 is 1.00 bits per heavy atom. The van der Waals surface area contributed by atoms with E-state index >= 15 is 0 Å². The summed E-state index contributed by atoms with van der Waals surface area (Å²) in [7, 11) is 0. The van der Waals surface area contributed by atoms with Crippen LogP contribution in [0.15, 0.2) is 0 Å². The molecule has 16 heavy (non-hydrogen) atoms. The van der Waals surface area contributed by atoms with Crippen molar-refractivity contribution in [3.8, 4) is 0 Å². The minimum Gasteiger partial charge on any atom is -0.352 e. The summed E-state index contributed by atoms with van der Waals surface area (Å²) >= 11 is 0. The third-order valence-corrected chi connectivity index (χ3v) is 1.75. The molecule has 98 valence electrons. The van der Waals surface area contributed by atoms with E-state index in [-0.39, 0.29) is 0 Å². The van der Waals surface area contributed by atoms with E-state index in [2.05, 4.69) is 0 Å². The van der Waals surface area contributed by atoms with Crippen LogP contribution >= 0.6 is 0 Å². The van der Waals surface area contributed by atoms with Gasteiger partial charge in [0.15, 0.2) is 0 Å². The summed E-state index contributed by atoms with van der Waals surface area (Å²) in [6, 6.07) is 0. The van der Waals surface area contributed by atoms with Gasteiger partial charge in [-0.3, -0.25) is 4.39 Å². The summed E-state index contributed by atoms with van der Waals surface area (Å²) in [5.74, 6) is -10.5. The highest BCUT2D eigenvalue weighted by Crippen LogP contribution is 2.43. The van der Waals surface area contributed by atoms with E-state index in [1.807, 2.05) is 0 Å². The van der Waals surface area contributed by atoms with Crippen molar-refractivity contribution in [3.05, 3.63) is 0 Å². The largest absolute Gasteiger partial charge is 0.451 e. The van der Waals surface area contributed by atoms with Crippen LogP contribution in [-0.2, 0) is 0 Å². The van der Waals surface area contributed by atoms with Crippen molar-refractivity contribution in [3.63, 3.8) is 0 Å². The Morgan fingerprint density at radius 3 is 1.75 bits per heavy atom. The lowest BCUT2D eigenvalue weighted by Crippen LogP contribution is -2.55. The van der Waals surface area contributed by atoms with E-state index in [4.69, 9.17) is 5.11 Å². The summed E-state index contributed by atoms with van der Waals surface area (Å²) < 4.78 is 96.6. The fourth-order valence-corrected chi connectivity index (χ4v) is 0.853. The molecule has 0 aliphatic carbocycles. The molecule has 2 atom stereocenters. The van der Waals surface area contributed by atoms with E-state index in [1.54, 1.807) is 0 Å². The van der Waals surface area contributed by atoms with E-state index in [1.165, 1.54) is 0 Å². The fraction of sp³-hybridized carbons (Fsp3) is 1.00. The van der Waals surface area contributed by atoms with Gasteiger partial charge in [-0.1, -0.05) is 0 Å². The third-order valence-electron chi connectivity index (χ3n) is 1.75. The van der Waals surface area contributed by atoms with Gasteiger partial charge >= 0.3 is 12.0 Å². The normalized spacial score (nSPS) is 19.3. The van der Waals surface area contributed by atoms with Crippen molar-refractivity contribution < 1.29 is 40.2 Å². The molecule has 0 bridgehead atoms. The Balaban J connectivity index is 4.83. The van der Waals surface area contributed by atoms with Crippen LogP contribution in [-0.4, -0.2) is 35.9 Å². The molecular weight excluding hydrogens is 252 g/mol. The SMILES string of the molecule is OC(F)(C(F)C(F)(F)CCCF)C(F)(F)F. The monoisotopic (exact) mass is 260 g/mol. The maximum atomic E-state index is 12.6. The molecule has 0 saturated heterocycles. The molecule has 0 aliphatic rings. The number of hydrogen-bond donors (Lipinski definition) is 1. The zero-order chi connectivity index (χ0) is 13.2. The van der Waals surface area contributed by atoms with E-state index in [0.717, 1.165) is 0 Å². The minimum absolute atomic E-state index is 0.943. The first-order chi connectivity index (χ1) is 6.97. The van der Waals surface area contributed by atoms with Gasteiger partial charge in [-0.05, 0) is 6.42 Å². The molecule has 0 heterocycles. The van der Waals surface area contributed by atoms with Gasteiger partial charge < -0.3 is 5.11 Å². The number of alkyl halides is 8. The highest BCUT2D eigenvalue weighted by molar-refractivity contribution is 4.92. The van der Waals surface area contributed by atoms with Crippen LogP contribution in [0.4, 0.5) is 35.1 Å². The average Bonchev–Trinajstić information content (AvgIpc) is 2.11. The second-order valence-electron chi connectivity index (χ2n) is 3.09. The Labute approximate surface area is 85.0 Å². The van der Waals surface area contributed by atoms with Gasteiger partial charge in [-0.15, -0.1) is 0 Å². The predicted molar refractivity (Wildman–Crippen MR) is 37.2 cm³/mol. The van der Waals surface area contributed by atoms with E-state index in [0.29, 0.717) is 0 Å². The molecular formula is C7H8F8O. The number of aliphatic hydroxyl groups is 1. The highest BCUT2D eigenvalue weighted by Gasteiger charge is 2.67. The zero-order valence-corrected chi connectivity index (χ0v) is 7.67. The standard InChI is InChI=1S/C7H8F8O/c8-3-1-2-5(10,11)4(9)6(12,16)7(13,14)15/h4,16H,1-3H2. The van der Waals surface area contributed by atoms with Crippen molar-refractivity contribution in [2.75, 3.05) is 6.67 Å². The van der Waals surface area contributed by atoms with Crippen molar-refractivity contribution in [1.82, 2.24) is 0 Å². The highest BCUT2D eigenvalue weighted by atomic mass is 19.4. The smallest absolute Gasteiger partial charge is 0.352 e. The number of hydrogen-bond acceptors (Lipinski definition) is 1. The molecule has 2 unspecified atom stereocenters. The lowest BCUT2D eigenvalue weighted by molar-refractivity contribution is -0.358. The summed E-state index contributed by atoms with van der Waals surface area (Å²) in [6.07, 6.45) is -13.3. The third kappa shape index (κ3) is 3.19. The first kappa shape index (κ1) is 15.4. The number of rotatable bonds is 5. The Bertz CT molecular complexity index is 223. The fourth-order valence-electron chi connectivity index (χ4n) is 0.853. The topological polar surface area (TPSA) is 20.2 Å². The van der Waals surface area contributed by atoms with E-state index in [9.17, 15) is 35.1 Å². The predicted octanol–water partition coefficient (Wildman–Crippen LogP) is 2.93. The summed E-state index contributed by atoms with van der Waals surface area (Å²) in [5.41, 5.74) is 0. The summed E-state index contributed by atoms with van der Waals surface area (Å²) in [6.45, 7) is -1.32. The van der Waals surface area contributed by atoms with Crippen LogP contribution < -0.4 is 0 Å². The van der Waals surface area contributed by atoms with Crippen molar-refractivity contribution in [2.45, 2.75) is 37.0 Å².